The molecule has 1 aliphatic rings. The fourth-order valence-electron chi connectivity index (χ4n) is 3.48. The minimum atomic E-state index is -0.192. The minimum Gasteiger partial charge on any atom is -0.494 e. The summed E-state index contributed by atoms with van der Waals surface area (Å²) in [6, 6.07) is 12.5. The Bertz CT molecular complexity index is 1220. The Morgan fingerprint density at radius 2 is 1.94 bits per heavy atom. The van der Waals surface area contributed by atoms with Gasteiger partial charge in [0.2, 0.25) is 11.9 Å². The Morgan fingerprint density at radius 1 is 1.15 bits per heavy atom. The molecule has 0 aliphatic carbocycles. The minimum absolute atomic E-state index is 0.134. The molecule has 1 aliphatic heterocycles. The average molecular weight is 482 g/mol. The number of nitrogens with one attached hydrogen (secondary N) is 4. The van der Waals surface area contributed by atoms with Crippen LogP contribution in [-0.2, 0) is 4.79 Å². The summed E-state index contributed by atoms with van der Waals surface area (Å²) in [6.45, 7) is 2.75. The monoisotopic (exact) mass is 481 g/mol. The lowest BCUT2D eigenvalue weighted by Crippen LogP contribution is -2.46. The number of anilines is 6. The van der Waals surface area contributed by atoms with Gasteiger partial charge in [0.15, 0.2) is 5.82 Å². The van der Waals surface area contributed by atoms with Gasteiger partial charge in [-0.1, -0.05) is 23.7 Å². The number of benzene rings is 2. The first-order valence-corrected chi connectivity index (χ1v) is 11.0. The van der Waals surface area contributed by atoms with Gasteiger partial charge in [-0.15, -0.1) is 0 Å². The van der Waals surface area contributed by atoms with Gasteiger partial charge < -0.3 is 26.0 Å². The Labute approximate surface area is 201 Å². The number of ether oxygens (including phenoxy) is 1. The summed E-state index contributed by atoms with van der Waals surface area (Å²) in [5.41, 5.74) is 2.58. The first-order chi connectivity index (χ1) is 16.4. The number of carbonyl (C=O) groups excluding carboxylic acids is 2. The first kappa shape index (κ1) is 23.1. The maximum absolute atomic E-state index is 12.2. The summed E-state index contributed by atoms with van der Waals surface area (Å²) in [7, 11) is 1.55. The molecule has 3 aromatic rings. The van der Waals surface area contributed by atoms with Crippen LogP contribution in [0.15, 0.2) is 48.7 Å². The second-order valence-corrected chi connectivity index (χ2v) is 7.90. The maximum atomic E-state index is 12.2. The molecule has 3 amide bonds. The van der Waals surface area contributed by atoms with Gasteiger partial charge in [0, 0.05) is 31.8 Å². The van der Waals surface area contributed by atoms with Crippen molar-refractivity contribution in [1.29, 1.82) is 0 Å². The van der Waals surface area contributed by atoms with E-state index in [9.17, 15) is 9.59 Å². The van der Waals surface area contributed by atoms with E-state index in [1.165, 1.54) is 13.1 Å². The molecule has 1 aromatic heterocycles. The predicted octanol–water partition coefficient (Wildman–Crippen LogP) is 4.50. The lowest BCUT2D eigenvalue weighted by Gasteiger charge is -2.28. The molecule has 2 aromatic carbocycles. The van der Waals surface area contributed by atoms with Crippen molar-refractivity contribution in [1.82, 2.24) is 15.3 Å². The van der Waals surface area contributed by atoms with E-state index in [1.54, 1.807) is 36.3 Å². The van der Waals surface area contributed by atoms with Crippen LogP contribution in [0.3, 0.4) is 0 Å². The number of hydrogen-bond donors (Lipinski definition) is 4. The molecule has 1 fully saturated rings. The lowest BCUT2D eigenvalue weighted by molar-refractivity contribution is -0.114. The van der Waals surface area contributed by atoms with Gasteiger partial charge in [-0.3, -0.25) is 9.69 Å². The molecular formula is C23H24ClN7O3. The standard InChI is InChI=1S/C23H24ClN7O3/c1-14(32)27-17-6-3-4-7-18(17)28-21-16(24)13-26-22(30-21)29-19-9-8-15(12-20(19)34-2)31-11-5-10-25-23(31)33/h3-4,6-9,12-13H,5,10-11H2,1-2H3,(H,25,33)(H,27,32)(H2,26,28,29,30). The smallest absolute Gasteiger partial charge is 0.321 e. The summed E-state index contributed by atoms with van der Waals surface area (Å²) in [4.78, 5) is 34.1. The van der Waals surface area contributed by atoms with Crippen LogP contribution in [-0.4, -0.2) is 42.1 Å². The second-order valence-electron chi connectivity index (χ2n) is 7.49. The van der Waals surface area contributed by atoms with Crippen molar-refractivity contribution in [2.75, 3.05) is 41.0 Å². The molecular weight excluding hydrogens is 458 g/mol. The Balaban J connectivity index is 1.57. The highest BCUT2D eigenvalue weighted by atomic mass is 35.5. The third-order valence-corrected chi connectivity index (χ3v) is 5.33. The molecule has 176 valence electrons. The third-order valence-electron chi connectivity index (χ3n) is 5.06. The van der Waals surface area contributed by atoms with Gasteiger partial charge in [0.25, 0.3) is 0 Å². The number of carbonyl (C=O) groups is 2. The van der Waals surface area contributed by atoms with Crippen molar-refractivity contribution in [3.63, 3.8) is 0 Å². The predicted molar refractivity (Wildman–Crippen MR) is 133 cm³/mol. The summed E-state index contributed by atoms with van der Waals surface area (Å²) in [6.07, 6.45) is 2.34. The number of rotatable bonds is 7. The van der Waals surface area contributed by atoms with Crippen LogP contribution in [0.25, 0.3) is 0 Å². The van der Waals surface area contributed by atoms with E-state index in [0.29, 0.717) is 46.7 Å². The Kier molecular flexibility index (Phi) is 6.98. The van der Waals surface area contributed by atoms with Crippen LogP contribution in [0, 0.1) is 0 Å². The van der Waals surface area contributed by atoms with Gasteiger partial charge in [-0.2, -0.15) is 4.98 Å². The number of aromatic nitrogens is 2. The highest BCUT2D eigenvalue weighted by molar-refractivity contribution is 6.33. The van der Waals surface area contributed by atoms with Crippen LogP contribution in [0.1, 0.15) is 13.3 Å². The zero-order valence-electron chi connectivity index (χ0n) is 18.7. The van der Waals surface area contributed by atoms with Crippen LogP contribution in [0.4, 0.5) is 39.3 Å². The van der Waals surface area contributed by atoms with Crippen molar-refractivity contribution in [3.8, 4) is 5.75 Å². The number of methoxy groups -OCH3 is 1. The molecule has 4 N–H and O–H groups in total. The number of para-hydroxylation sites is 2. The van der Waals surface area contributed by atoms with Crippen LogP contribution in [0.5, 0.6) is 5.75 Å². The first-order valence-electron chi connectivity index (χ1n) is 10.6. The Hall–Kier alpha value is -4.05. The van der Waals surface area contributed by atoms with E-state index in [4.69, 9.17) is 16.3 Å². The van der Waals surface area contributed by atoms with Crippen molar-refractivity contribution in [3.05, 3.63) is 53.7 Å². The lowest BCUT2D eigenvalue weighted by atomic mass is 10.2. The average Bonchev–Trinajstić information content (AvgIpc) is 2.83. The normalized spacial score (nSPS) is 13.1. The molecule has 2 heterocycles. The molecule has 10 nitrogen and oxygen atoms in total. The van der Waals surface area contributed by atoms with E-state index in [-0.39, 0.29) is 17.9 Å². The highest BCUT2D eigenvalue weighted by Crippen LogP contribution is 2.33. The molecule has 0 unspecified atom stereocenters. The van der Waals surface area contributed by atoms with E-state index >= 15 is 0 Å². The summed E-state index contributed by atoms with van der Waals surface area (Å²) >= 11 is 6.32. The zero-order valence-corrected chi connectivity index (χ0v) is 19.4. The van der Waals surface area contributed by atoms with Gasteiger partial charge in [-0.05, 0) is 30.7 Å². The summed E-state index contributed by atoms with van der Waals surface area (Å²) in [5.74, 6) is 0.978. The van der Waals surface area contributed by atoms with E-state index in [2.05, 4.69) is 31.2 Å². The van der Waals surface area contributed by atoms with E-state index < -0.39 is 0 Å². The number of halogens is 1. The van der Waals surface area contributed by atoms with Crippen molar-refractivity contribution in [2.24, 2.45) is 0 Å². The van der Waals surface area contributed by atoms with Crippen LogP contribution < -0.4 is 30.9 Å². The number of nitrogens with zero attached hydrogens (tertiary/aromatic N) is 3. The topological polar surface area (TPSA) is 121 Å². The van der Waals surface area contributed by atoms with Gasteiger partial charge in [0.05, 0.1) is 30.4 Å². The van der Waals surface area contributed by atoms with Crippen molar-refractivity contribution in [2.45, 2.75) is 13.3 Å². The molecule has 1 saturated heterocycles. The molecule has 34 heavy (non-hydrogen) atoms. The van der Waals surface area contributed by atoms with Crippen LogP contribution in [0.2, 0.25) is 5.02 Å². The molecule has 4 rings (SSSR count). The molecule has 0 atom stereocenters. The molecule has 0 radical (unpaired) electrons. The number of urea groups is 1. The molecule has 0 bridgehead atoms. The van der Waals surface area contributed by atoms with Crippen molar-refractivity contribution < 1.29 is 14.3 Å². The van der Waals surface area contributed by atoms with Gasteiger partial charge in [0.1, 0.15) is 10.8 Å². The highest BCUT2D eigenvalue weighted by Gasteiger charge is 2.20. The van der Waals surface area contributed by atoms with Gasteiger partial charge >= 0.3 is 6.03 Å². The largest absolute Gasteiger partial charge is 0.494 e. The Morgan fingerprint density at radius 3 is 2.68 bits per heavy atom. The number of amides is 3. The van der Waals surface area contributed by atoms with E-state index in [1.807, 2.05) is 18.2 Å². The second kappa shape index (κ2) is 10.3. The molecule has 11 heteroatoms. The quantitative estimate of drug-likeness (QED) is 0.392. The summed E-state index contributed by atoms with van der Waals surface area (Å²) in [5, 5.41) is 12.2. The summed E-state index contributed by atoms with van der Waals surface area (Å²) < 4.78 is 5.53. The fourth-order valence-corrected chi connectivity index (χ4v) is 3.62. The maximum Gasteiger partial charge on any atom is 0.321 e. The third kappa shape index (κ3) is 5.29. The number of hydrogen-bond acceptors (Lipinski definition) is 7. The SMILES string of the molecule is COc1cc(N2CCCNC2=O)ccc1Nc1ncc(Cl)c(Nc2ccccc2NC(C)=O)n1. The van der Waals surface area contributed by atoms with Gasteiger partial charge in [-0.25, -0.2) is 9.78 Å². The van der Waals surface area contributed by atoms with Crippen LogP contribution >= 0.6 is 11.6 Å². The molecule has 0 saturated carbocycles. The fraction of sp³-hybridized carbons (Fsp3) is 0.217. The van der Waals surface area contributed by atoms with E-state index in [0.717, 1.165) is 12.1 Å². The van der Waals surface area contributed by atoms with Crippen molar-refractivity contribution >= 4 is 58.1 Å². The zero-order chi connectivity index (χ0) is 24.1. The molecule has 0 spiro atoms.